The van der Waals surface area contributed by atoms with Crippen LogP contribution < -0.4 is 5.73 Å². The Hall–Kier alpha value is -0.870. The van der Waals surface area contributed by atoms with Crippen LogP contribution in [0, 0.1) is 5.41 Å². The van der Waals surface area contributed by atoms with Crippen LogP contribution in [-0.2, 0) is 9.53 Å². The summed E-state index contributed by atoms with van der Waals surface area (Å²) in [5, 5.41) is 0. The van der Waals surface area contributed by atoms with Crippen LogP contribution in [-0.4, -0.2) is 43.7 Å². The van der Waals surface area contributed by atoms with Gasteiger partial charge in [-0.05, 0) is 11.5 Å². The van der Waals surface area contributed by atoms with Crippen molar-refractivity contribution in [2.24, 2.45) is 11.1 Å². The second-order valence-corrected chi connectivity index (χ2v) is 4.61. The van der Waals surface area contributed by atoms with Gasteiger partial charge < -0.3 is 10.5 Å². The summed E-state index contributed by atoms with van der Waals surface area (Å²) in [6.07, 6.45) is 3.32. The molecule has 0 radical (unpaired) electrons. The topological polar surface area (TPSA) is 55.6 Å². The molecule has 1 rings (SSSR count). The molecule has 1 aliphatic rings. The minimum absolute atomic E-state index is 0.0215. The van der Waals surface area contributed by atoms with Crippen molar-refractivity contribution < 1.29 is 9.53 Å². The van der Waals surface area contributed by atoms with Crippen LogP contribution in [0.2, 0.25) is 0 Å². The van der Waals surface area contributed by atoms with Gasteiger partial charge in [-0.2, -0.15) is 0 Å². The average Bonchev–Trinajstić information content (AvgIpc) is 2.16. The van der Waals surface area contributed by atoms with Crippen LogP contribution in [0.5, 0.6) is 0 Å². The van der Waals surface area contributed by atoms with E-state index in [0.29, 0.717) is 0 Å². The number of nitrogens with zero attached hydrogens (tertiary/aromatic N) is 1. The Labute approximate surface area is 91.1 Å². The minimum atomic E-state index is -0.384. The second-order valence-electron chi connectivity index (χ2n) is 4.61. The van der Waals surface area contributed by atoms with Crippen molar-refractivity contribution >= 4 is 5.91 Å². The number of amides is 1. The molecule has 1 saturated heterocycles. The van der Waals surface area contributed by atoms with E-state index in [1.807, 2.05) is 6.08 Å². The zero-order valence-corrected chi connectivity index (χ0v) is 9.53. The van der Waals surface area contributed by atoms with Crippen LogP contribution in [0.15, 0.2) is 12.2 Å². The highest BCUT2D eigenvalue weighted by Crippen LogP contribution is 2.19. The van der Waals surface area contributed by atoms with Crippen molar-refractivity contribution in [3.8, 4) is 0 Å². The zero-order valence-electron chi connectivity index (χ0n) is 9.53. The van der Waals surface area contributed by atoms with Gasteiger partial charge in [0, 0.05) is 19.6 Å². The molecule has 15 heavy (non-hydrogen) atoms. The number of carbonyl (C=O) groups is 1. The van der Waals surface area contributed by atoms with Gasteiger partial charge >= 0.3 is 0 Å². The van der Waals surface area contributed by atoms with E-state index in [1.165, 1.54) is 6.08 Å². The smallest absolute Gasteiger partial charge is 0.241 e. The van der Waals surface area contributed by atoms with Gasteiger partial charge in [-0.15, -0.1) is 0 Å². The Kier molecular flexibility index (Phi) is 4.29. The first kappa shape index (κ1) is 12.2. The third-order valence-corrected chi connectivity index (χ3v) is 2.43. The summed E-state index contributed by atoms with van der Waals surface area (Å²) < 4.78 is 5.28. The maximum Gasteiger partial charge on any atom is 0.241 e. The zero-order chi connectivity index (χ0) is 11.3. The van der Waals surface area contributed by atoms with Crippen molar-refractivity contribution in [1.82, 2.24) is 4.90 Å². The van der Waals surface area contributed by atoms with Gasteiger partial charge in [0.25, 0.3) is 0 Å². The van der Waals surface area contributed by atoms with Gasteiger partial charge in [0.05, 0.1) is 13.2 Å². The molecule has 0 aliphatic carbocycles. The molecule has 0 aromatic heterocycles. The molecule has 4 nitrogen and oxygen atoms in total. The molecule has 1 amide bonds. The van der Waals surface area contributed by atoms with Crippen molar-refractivity contribution in [3.05, 3.63) is 12.2 Å². The van der Waals surface area contributed by atoms with Crippen molar-refractivity contribution in [3.63, 3.8) is 0 Å². The minimum Gasteiger partial charge on any atom is -0.379 e. The first-order valence-electron chi connectivity index (χ1n) is 5.28. The van der Waals surface area contributed by atoms with E-state index >= 15 is 0 Å². The van der Waals surface area contributed by atoms with Crippen LogP contribution in [0.4, 0.5) is 0 Å². The molecule has 1 heterocycles. The van der Waals surface area contributed by atoms with Crippen LogP contribution in [0.3, 0.4) is 0 Å². The lowest BCUT2D eigenvalue weighted by atomic mass is 9.92. The van der Waals surface area contributed by atoms with Crippen LogP contribution in [0.1, 0.15) is 13.8 Å². The summed E-state index contributed by atoms with van der Waals surface area (Å²) in [4.78, 5) is 13.0. The molecule has 1 fully saturated rings. The van der Waals surface area contributed by atoms with Gasteiger partial charge in [-0.3, -0.25) is 9.69 Å². The molecule has 4 heteroatoms. The number of nitrogens with two attached hydrogens (primary N) is 1. The fraction of sp³-hybridized carbons (Fsp3) is 0.727. The Morgan fingerprint density at radius 3 is 2.60 bits per heavy atom. The standard InChI is InChI=1S/C11H20N2O2/c1-11(2,4-3-10(12)14)9-13-5-7-15-8-6-13/h3-4H,5-9H2,1-2H3,(H2,12,14)/b4-3+. The molecule has 0 saturated carbocycles. The van der Waals surface area contributed by atoms with E-state index in [2.05, 4.69) is 18.7 Å². The molecule has 2 N–H and O–H groups in total. The Morgan fingerprint density at radius 1 is 1.47 bits per heavy atom. The molecule has 0 aromatic carbocycles. The van der Waals surface area contributed by atoms with Crippen molar-refractivity contribution in [2.75, 3.05) is 32.8 Å². The summed E-state index contributed by atoms with van der Waals surface area (Å²) >= 11 is 0. The van der Waals surface area contributed by atoms with Crippen molar-refractivity contribution in [2.45, 2.75) is 13.8 Å². The monoisotopic (exact) mass is 212 g/mol. The maximum atomic E-state index is 10.6. The normalized spacial score (nSPS) is 19.6. The molecule has 0 unspecified atom stereocenters. The maximum absolute atomic E-state index is 10.6. The molecule has 0 bridgehead atoms. The third kappa shape index (κ3) is 4.95. The van der Waals surface area contributed by atoms with Crippen LogP contribution in [0.25, 0.3) is 0 Å². The Balaban J connectivity index is 2.43. The lowest BCUT2D eigenvalue weighted by molar-refractivity contribution is -0.113. The number of primary amides is 1. The number of ether oxygens (including phenoxy) is 1. The third-order valence-electron chi connectivity index (χ3n) is 2.43. The molecular formula is C11H20N2O2. The van der Waals surface area contributed by atoms with Crippen molar-refractivity contribution in [1.29, 1.82) is 0 Å². The van der Waals surface area contributed by atoms with E-state index < -0.39 is 0 Å². The number of hydrogen-bond donors (Lipinski definition) is 1. The summed E-state index contributed by atoms with van der Waals surface area (Å²) in [5.41, 5.74) is 5.05. The van der Waals surface area contributed by atoms with Gasteiger partial charge in [-0.1, -0.05) is 19.9 Å². The van der Waals surface area contributed by atoms with Gasteiger partial charge in [0.15, 0.2) is 0 Å². The highest BCUT2D eigenvalue weighted by molar-refractivity contribution is 5.85. The lowest BCUT2D eigenvalue weighted by Crippen LogP contribution is -2.41. The molecule has 1 aliphatic heterocycles. The molecule has 0 atom stereocenters. The Bertz CT molecular complexity index is 243. The van der Waals surface area contributed by atoms with E-state index in [1.54, 1.807) is 0 Å². The lowest BCUT2D eigenvalue weighted by Gasteiger charge is -2.33. The quantitative estimate of drug-likeness (QED) is 0.686. The average molecular weight is 212 g/mol. The highest BCUT2D eigenvalue weighted by Gasteiger charge is 2.20. The predicted molar refractivity (Wildman–Crippen MR) is 59.4 cm³/mol. The van der Waals surface area contributed by atoms with Gasteiger partial charge in [0.2, 0.25) is 5.91 Å². The summed E-state index contributed by atoms with van der Waals surface area (Å²) in [5.74, 6) is -0.384. The van der Waals surface area contributed by atoms with Crippen LogP contribution >= 0.6 is 0 Å². The second kappa shape index (κ2) is 5.28. The highest BCUT2D eigenvalue weighted by atomic mass is 16.5. The fourth-order valence-electron chi connectivity index (χ4n) is 1.70. The molecule has 0 spiro atoms. The van der Waals surface area contributed by atoms with E-state index in [9.17, 15) is 4.79 Å². The molecule has 86 valence electrons. The predicted octanol–water partition coefficient (Wildman–Crippen LogP) is 0.386. The van der Waals surface area contributed by atoms with E-state index in [4.69, 9.17) is 10.5 Å². The number of hydrogen-bond acceptors (Lipinski definition) is 3. The van der Waals surface area contributed by atoms with Gasteiger partial charge in [-0.25, -0.2) is 0 Å². The Morgan fingerprint density at radius 2 is 2.07 bits per heavy atom. The number of carbonyl (C=O) groups excluding carboxylic acids is 1. The SMILES string of the molecule is CC(C)(/C=C/C(N)=O)CN1CCOCC1. The van der Waals surface area contributed by atoms with E-state index in [0.717, 1.165) is 32.8 Å². The summed E-state index contributed by atoms with van der Waals surface area (Å²) in [6, 6.07) is 0. The first-order chi connectivity index (χ1) is 6.99. The van der Waals surface area contributed by atoms with Gasteiger partial charge in [0.1, 0.15) is 0 Å². The molecular weight excluding hydrogens is 192 g/mol. The number of rotatable bonds is 4. The first-order valence-corrected chi connectivity index (χ1v) is 5.28. The summed E-state index contributed by atoms with van der Waals surface area (Å²) in [6.45, 7) is 8.66. The fourth-order valence-corrected chi connectivity index (χ4v) is 1.70. The molecule has 0 aromatic rings. The van der Waals surface area contributed by atoms with E-state index in [-0.39, 0.29) is 11.3 Å². The number of morpholine rings is 1. The largest absolute Gasteiger partial charge is 0.379 e. The summed E-state index contributed by atoms with van der Waals surface area (Å²) in [7, 11) is 0.